The van der Waals surface area contributed by atoms with Crippen LogP contribution < -0.4 is 21.3 Å². The lowest BCUT2D eigenvalue weighted by molar-refractivity contribution is -0.141. The smallest absolute Gasteiger partial charge is 0.327 e. The Morgan fingerprint density at radius 1 is 0.857 bits per heavy atom. The summed E-state index contributed by atoms with van der Waals surface area (Å²) in [5.74, 6) is -2.80. The van der Waals surface area contributed by atoms with E-state index in [1.54, 1.807) is 11.8 Å². The lowest BCUT2D eigenvalue weighted by Crippen LogP contribution is -2.58. The molecule has 42 heavy (non-hydrogen) atoms. The van der Waals surface area contributed by atoms with Gasteiger partial charge >= 0.3 is 11.9 Å². The summed E-state index contributed by atoms with van der Waals surface area (Å²) in [6, 6.07) is 13.1. The maximum absolute atomic E-state index is 12.9. The van der Waals surface area contributed by atoms with Crippen molar-refractivity contribution >= 4 is 54.1 Å². The molecule has 1 aliphatic rings. The van der Waals surface area contributed by atoms with Crippen LogP contribution in [0.2, 0.25) is 0 Å². The third-order valence-corrected chi connectivity index (χ3v) is 8.39. The Morgan fingerprint density at radius 2 is 1.43 bits per heavy atom. The van der Waals surface area contributed by atoms with Crippen molar-refractivity contribution in [2.45, 2.75) is 43.3 Å². The molecule has 13 heteroatoms. The van der Waals surface area contributed by atoms with Gasteiger partial charge in [0.05, 0.1) is 6.04 Å². The molecule has 3 atom stereocenters. The van der Waals surface area contributed by atoms with Crippen molar-refractivity contribution in [2.75, 3.05) is 30.9 Å². The summed E-state index contributed by atoms with van der Waals surface area (Å²) < 4.78 is 0. The first-order chi connectivity index (χ1) is 20.2. The van der Waals surface area contributed by atoms with Crippen LogP contribution in [0.25, 0.3) is 11.1 Å². The molecule has 0 aliphatic heterocycles. The maximum atomic E-state index is 12.9. The van der Waals surface area contributed by atoms with E-state index in [-0.39, 0.29) is 43.4 Å². The first kappa shape index (κ1) is 33.0. The summed E-state index contributed by atoms with van der Waals surface area (Å²) >= 11 is 5.58. The highest BCUT2D eigenvalue weighted by molar-refractivity contribution is 7.99. The van der Waals surface area contributed by atoms with Crippen LogP contribution in [-0.4, -0.2) is 88.8 Å². The molecule has 3 rings (SSSR count). The number of thiol groups is 1. The van der Waals surface area contributed by atoms with Crippen LogP contribution in [0.5, 0.6) is 0 Å². The van der Waals surface area contributed by atoms with Gasteiger partial charge in [0, 0.05) is 42.6 Å². The van der Waals surface area contributed by atoms with Crippen LogP contribution in [0.3, 0.4) is 0 Å². The third-order valence-electron chi connectivity index (χ3n) is 6.97. The number of hydrogen-bond acceptors (Lipinski definition) is 8. The predicted molar refractivity (Wildman–Crippen MR) is 164 cm³/mol. The molecule has 226 valence electrons. The first-order valence-corrected chi connectivity index (χ1v) is 15.3. The second-order valence-electron chi connectivity index (χ2n) is 9.77. The number of rotatable bonds is 17. The zero-order valence-corrected chi connectivity index (χ0v) is 24.9. The van der Waals surface area contributed by atoms with E-state index in [4.69, 9.17) is 5.11 Å². The number of carbonyl (C=O) groups excluding carboxylic acids is 3. The molecule has 3 amide bonds. The van der Waals surface area contributed by atoms with Crippen LogP contribution >= 0.6 is 24.4 Å². The van der Waals surface area contributed by atoms with Gasteiger partial charge in [-0.05, 0) is 35.7 Å². The monoisotopic (exact) mass is 616 g/mol. The molecule has 0 bridgehead atoms. The first-order valence-electron chi connectivity index (χ1n) is 13.5. The molecule has 1 aliphatic carbocycles. The number of carboxylic acid groups (broad SMARTS) is 2. The van der Waals surface area contributed by atoms with E-state index in [1.165, 1.54) is 29.3 Å². The number of carboxylic acids is 2. The van der Waals surface area contributed by atoms with Gasteiger partial charge in [-0.1, -0.05) is 48.5 Å². The van der Waals surface area contributed by atoms with Gasteiger partial charge in [0.25, 0.3) is 0 Å². The standard InChI is InChI=1S/C29H36N4O7S2/c1-30-22(10-11-26(35)36)27(37)32-23(28(38)33-24(15-41)29(39)40)14-31-25(34)12-13-42-16-21-19-8-4-2-6-17(19)18-7-3-5-9-20(18)21/h2-9,21-24,30,41H,10-16H2,1H3,(H,31,34)(H,32,37)(H,33,38)(H,35,36)(H,39,40)/t22-,23-,24-/m0/s1. The summed E-state index contributed by atoms with van der Waals surface area (Å²) in [6.07, 6.45) is -0.127. The molecular weight excluding hydrogens is 580 g/mol. The van der Waals surface area contributed by atoms with Crippen molar-refractivity contribution < 1.29 is 34.2 Å². The van der Waals surface area contributed by atoms with Crippen molar-refractivity contribution in [3.05, 3.63) is 59.7 Å². The molecule has 0 saturated carbocycles. The molecule has 0 unspecified atom stereocenters. The Morgan fingerprint density at radius 3 is 1.98 bits per heavy atom. The average Bonchev–Trinajstić information content (AvgIpc) is 3.29. The molecular formula is C29H36N4O7S2. The van der Waals surface area contributed by atoms with Crippen molar-refractivity contribution in [3.8, 4) is 11.1 Å². The van der Waals surface area contributed by atoms with Gasteiger partial charge in [-0.3, -0.25) is 19.2 Å². The molecule has 2 aromatic carbocycles. The second kappa shape index (κ2) is 16.2. The molecule has 0 fully saturated rings. The van der Waals surface area contributed by atoms with Crippen LogP contribution in [0.15, 0.2) is 48.5 Å². The minimum Gasteiger partial charge on any atom is -0.481 e. The summed E-state index contributed by atoms with van der Waals surface area (Å²) in [7, 11) is 1.48. The SMILES string of the molecule is CN[C@@H](CCC(=O)O)C(=O)N[C@@H](CNC(=O)CCSCC1c2ccccc2-c2ccccc21)C(=O)N[C@@H](CS)C(=O)O. The van der Waals surface area contributed by atoms with E-state index in [1.807, 2.05) is 24.3 Å². The summed E-state index contributed by atoms with van der Waals surface area (Å²) in [5, 5.41) is 28.4. The molecule has 2 aromatic rings. The Labute approximate surface area is 254 Å². The molecule has 0 radical (unpaired) electrons. The molecule has 11 nitrogen and oxygen atoms in total. The second-order valence-corrected chi connectivity index (χ2v) is 11.3. The third kappa shape index (κ3) is 8.97. The van der Waals surface area contributed by atoms with Gasteiger partial charge in [-0.25, -0.2) is 4.79 Å². The quantitative estimate of drug-likeness (QED) is 0.103. The predicted octanol–water partition coefficient (Wildman–Crippen LogP) is 1.48. The van der Waals surface area contributed by atoms with Crippen LogP contribution in [0, 0.1) is 0 Å². The normalized spacial score (nSPS) is 14.1. The number of aliphatic carboxylic acids is 2. The van der Waals surface area contributed by atoms with E-state index in [0.29, 0.717) is 5.75 Å². The average molecular weight is 617 g/mol. The Bertz CT molecular complexity index is 1250. The fourth-order valence-electron chi connectivity index (χ4n) is 4.72. The molecule has 6 N–H and O–H groups in total. The molecule has 0 saturated heterocycles. The molecule has 0 heterocycles. The lowest BCUT2D eigenvalue weighted by atomic mass is 9.99. The number of benzene rings is 2. The summed E-state index contributed by atoms with van der Waals surface area (Å²) in [5.41, 5.74) is 5.00. The van der Waals surface area contributed by atoms with E-state index in [0.717, 1.165) is 5.75 Å². The van der Waals surface area contributed by atoms with Crippen LogP contribution in [-0.2, 0) is 24.0 Å². The zero-order valence-electron chi connectivity index (χ0n) is 23.2. The Kier molecular flexibility index (Phi) is 12.7. The Hall–Kier alpha value is -3.55. The van der Waals surface area contributed by atoms with Crippen LogP contribution in [0.4, 0.5) is 0 Å². The Balaban J connectivity index is 1.55. The highest BCUT2D eigenvalue weighted by Crippen LogP contribution is 2.45. The van der Waals surface area contributed by atoms with E-state index in [2.05, 4.69) is 58.2 Å². The highest BCUT2D eigenvalue weighted by Gasteiger charge is 2.30. The van der Waals surface area contributed by atoms with E-state index in [9.17, 15) is 29.1 Å². The van der Waals surface area contributed by atoms with Crippen molar-refractivity contribution in [3.63, 3.8) is 0 Å². The van der Waals surface area contributed by atoms with Crippen molar-refractivity contribution in [1.29, 1.82) is 0 Å². The van der Waals surface area contributed by atoms with Gasteiger partial charge in [0.2, 0.25) is 17.7 Å². The number of amides is 3. The number of fused-ring (bicyclic) bond motifs is 3. The molecule has 0 spiro atoms. The van der Waals surface area contributed by atoms with Crippen LogP contribution in [0.1, 0.15) is 36.3 Å². The van der Waals surface area contributed by atoms with Gasteiger partial charge in [-0.15, -0.1) is 0 Å². The fraction of sp³-hybridized carbons (Fsp3) is 0.414. The van der Waals surface area contributed by atoms with Gasteiger partial charge < -0.3 is 31.5 Å². The van der Waals surface area contributed by atoms with E-state index >= 15 is 0 Å². The number of likely N-dealkylation sites (N-methyl/N-ethyl adjacent to an activating group) is 1. The summed E-state index contributed by atoms with van der Waals surface area (Å²) in [6.45, 7) is -0.279. The van der Waals surface area contributed by atoms with Gasteiger partial charge in [0.15, 0.2) is 0 Å². The fourth-order valence-corrected chi connectivity index (χ4v) is 6.06. The minimum absolute atomic E-state index is 0.0279. The topological polar surface area (TPSA) is 174 Å². The van der Waals surface area contributed by atoms with Crippen molar-refractivity contribution in [2.24, 2.45) is 0 Å². The maximum Gasteiger partial charge on any atom is 0.327 e. The number of nitrogens with one attached hydrogen (secondary N) is 4. The minimum atomic E-state index is -1.30. The highest BCUT2D eigenvalue weighted by atomic mass is 32.2. The van der Waals surface area contributed by atoms with Gasteiger partial charge in [0.1, 0.15) is 12.1 Å². The largest absolute Gasteiger partial charge is 0.481 e. The van der Waals surface area contributed by atoms with E-state index < -0.39 is 41.9 Å². The number of thioether (sulfide) groups is 1. The summed E-state index contributed by atoms with van der Waals surface area (Å²) in [4.78, 5) is 60.6. The molecule has 0 aromatic heterocycles. The van der Waals surface area contributed by atoms with Gasteiger partial charge in [-0.2, -0.15) is 24.4 Å². The van der Waals surface area contributed by atoms with Crippen molar-refractivity contribution in [1.82, 2.24) is 21.3 Å². The number of hydrogen-bond donors (Lipinski definition) is 7. The lowest BCUT2D eigenvalue weighted by Gasteiger charge is -2.23. The number of carbonyl (C=O) groups is 5. The zero-order chi connectivity index (χ0) is 30.6.